The van der Waals surface area contributed by atoms with Crippen LogP contribution < -0.4 is 5.32 Å². The predicted octanol–water partition coefficient (Wildman–Crippen LogP) is 1.16. The molecule has 0 radical (unpaired) electrons. The Morgan fingerprint density at radius 3 is 2.62 bits per heavy atom. The van der Waals surface area contributed by atoms with E-state index in [2.05, 4.69) is 11.4 Å². The van der Waals surface area contributed by atoms with Gasteiger partial charge in [-0.25, -0.2) is 0 Å². The lowest BCUT2D eigenvalue weighted by Gasteiger charge is -2.39. The predicted molar refractivity (Wildman–Crippen MR) is 78.8 cm³/mol. The summed E-state index contributed by atoms with van der Waals surface area (Å²) in [4.78, 5) is 0. The molecular formula is C16H22N2O3. The molecule has 1 aliphatic rings. The van der Waals surface area contributed by atoms with Gasteiger partial charge >= 0.3 is 0 Å². The molecule has 0 aliphatic carbocycles. The van der Waals surface area contributed by atoms with Gasteiger partial charge in [0.1, 0.15) is 0 Å². The minimum atomic E-state index is -0.534. The average molecular weight is 290 g/mol. The second-order valence-electron chi connectivity index (χ2n) is 5.37. The number of nitriles is 1. The van der Waals surface area contributed by atoms with E-state index in [1.165, 1.54) is 0 Å². The molecule has 1 saturated heterocycles. The van der Waals surface area contributed by atoms with Crippen LogP contribution in [0.3, 0.4) is 0 Å². The molecule has 5 nitrogen and oxygen atoms in total. The van der Waals surface area contributed by atoms with E-state index in [0.717, 1.165) is 18.4 Å². The third-order valence-electron chi connectivity index (χ3n) is 3.95. The molecule has 0 saturated carbocycles. The Bertz CT molecular complexity index is 475. The Morgan fingerprint density at radius 1 is 1.38 bits per heavy atom. The molecule has 2 rings (SSSR count). The zero-order chi connectivity index (χ0) is 15.1. The van der Waals surface area contributed by atoms with E-state index in [4.69, 9.17) is 14.7 Å². The molecule has 1 atom stereocenters. The van der Waals surface area contributed by atoms with Crippen LogP contribution in [0.1, 0.15) is 24.0 Å². The van der Waals surface area contributed by atoms with E-state index in [1.807, 2.05) is 24.3 Å². The molecule has 114 valence electrons. The fraction of sp³-hybridized carbons (Fsp3) is 0.562. The number of nitrogens with zero attached hydrogens (tertiary/aromatic N) is 1. The van der Waals surface area contributed by atoms with Crippen LogP contribution in [-0.2, 0) is 15.0 Å². The second kappa shape index (κ2) is 7.53. The van der Waals surface area contributed by atoms with Gasteiger partial charge < -0.3 is 19.9 Å². The average Bonchev–Trinajstić information content (AvgIpc) is 2.54. The van der Waals surface area contributed by atoms with E-state index < -0.39 is 6.10 Å². The van der Waals surface area contributed by atoms with Gasteiger partial charge in [0.2, 0.25) is 0 Å². The number of hydrogen-bond acceptors (Lipinski definition) is 5. The zero-order valence-corrected chi connectivity index (χ0v) is 12.3. The van der Waals surface area contributed by atoms with Gasteiger partial charge in [-0.3, -0.25) is 0 Å². The first kappa shape index (κ1) is 15.9. The largest absolute Gasteiger partial charge is 0.389 e. The van der Waals surface area contributed by atoms with Crippen molar-refractivity contribution in [1.82, 2.24) is 5.32 Å². The van der Waals surface area contributed by atoms with Crippen LogP contribution in [0.4, 0.5) is 0 Å². The number of rotatable bonds is 6. The summed E-state index contributed by atoms with van der Waals surface area (Å²) < 4.78 is 10.4. The Hall–Kier alpha value is -1.45. The molecule has 1 aromatic carbocycles. The zero-order valence-electron chi connectivity index (χ0n) is 12.3. The summed E-state index contributed by atoms with van der Waals surface area (Å²) in [5.41, 5.74) is 1.58. The van der Waals surface area contributed by atoms with Gasteiger partial charge in [-0.05, 0) is 30.5 Å². The maximum atomic E-state index is 9.86. The summed E-state index contributed by atoms with van der Waals surface area (Å²) in [5.74, 6) is 0. The van der Waals surface area contributed by atoms with Crippen molar-refractivity contribution >= 4 is 0 Å². The summed E-state index contributed by atoms with van der Waals surface area (Å²) in [6.45, 7) is 2.15. The minimum absolute atomic E-state index is 0.207. The van der Waals surface area contributed by atoms with E-state index in [9.17, 15) is 5.11 Å². The highest BCUT2D eigenvalue weighted by atomic mass is 16.5. The number of methoxy groups -OCH3 is 1. The van der Waals surface area contributed by atoms with Crippen molar-refractivity contribution in [1.29, 1.82) is 5.26 Å². The molecule has 1 heterocycles. The molecular weight excluding hydrogens is 268 g/mol. The molecule has 1 aliphatic heterocycles. The maximum Gasteiger partial charge on any atom is 0.0991 e. The Balaban J connectivity index is 2.14. The van der Waals surface area contributed by atoms with Crippen LogP contribution in [0.25, 0.3) is 0 Å². The Morgan fingerprint density at radius 2 is 2.05 bits per heavy atom. The van der Waals surface area contributed by atoms with Crippen molar-refractivity contribution in [2.24, 2.45) is 0 Å². The quantitative estimate of drug-likeness (QED) is 0.822. The van der Waals surface area contributed by atoms with E-state index >= 15 is 0 Å². The molecule has 0 spiro atoms. The summed E-state index contributed by atoms with van der Waals surface area (Å²) in [6, 6.07) is 9.77. The van der Waals surface area contributed by atoms with Crippen molar-refractivity contribution in [2.75, 3.05) is 33.5 Å². The first-order valence-electron chi connectivity index (χ1n) is 7.20. The molecule has 1 fully saturated rings. The number of aliphatic hydroxyl groups excluding tert-OH is 1. The van der Waals surface area contributed by atoms with Crippen LogP contribution in [0.15, 0.2) is 24.3 Å². The number of nitrogens with one attached hydrogen (secondary N) is 1. The van der Waals surface area contributed by atoms with Crippen molar-refractivity contribution in [3.8, 4) is 6.07 Å². The summed E-state index contributed by atoms with van der Waals surface area (Å²) >= 11 is 0. The van der Waals surface area contributed by atoms with Crippen molar-refractivity contribution in [2.45, 2.75) is 24.5 Å². The highest BCUT2D eigenvalue weighted by Crippen LogP contribution is 2.32. The van der Waals surface area contributed by atoms with Crippen LogP contribution in [0.2, 0.25) is 0 Å². The SMILES string of the molecule is COC[C@@H](O)CNC1(c2ccc(C#N)cc2)CCOCC1. The molecule has 5 heteroatoms. The van der Waals surface area contributed by atoms with Crippen LogP contribution in [-0.4, -0.2) is 44.7 Å². The third-order valence-corrected chi connectivity index (χ3v) is 3.95. The van der Waals surface area contributed by atoms with Gasteiger partial charge in [0.25, 0.3) is 0 Å². The van der Waals surface area contributed by atoms with Crippen molar-refractivity contribution in [3.63, 3.8) is 0 Å². The van der Waals surface area contributed by atoms with Crippen LogP contribution >= 0.6 is 0 Å². The fourth-order valence-corrected chi connectivity index (χ4v) is 2.72. The Labute approximate surface area is 125 Å². The molecule has 0 bridgehead atoms. The number of hydrogen-bond donors (Lipinski definition) is 2. The second-order valence-corrected chi connectivity index (χ2v) is 5.37. The van der Waals surface area contributed by atoms with E-state index in [0.29, 0.717) is 31.9 Å². The van der Waals surface area contributed by atoms with Gasteiger partial charge in [0.15, 0.2) is 0 Å². The van der Waals surface area contributed by atoms with Gasteiger partial charge in [-0.2, -0.15) is 5.26 Å². The number of benzene rings is 1. The highest BCUT2D eigenvalue weighted by Gasteiger charge is 2.34. The number of ether oxygens (including phenoxy) is 2. The summed E-state index contributed by atoms with van der Waals surface area (Å²) in [6.07, 6.45) is 1.16. The van der Waals surface area contributed by atoms with Gasteiger partial charge in [-0.1, -0.05) is 12.1 Å². The fourth-order valence-electron chi connectivity index (χ4n) is 2.72. The first-order chi connectivity index (χ1) is 10.2. The lowest BCUT2D eigenvalue weighted by Crippen LogP contribution is -2.49. The normalized spacial score (nSPS) is 18.9. The van der Waals surface area contributed by atoms with Crippen molar-refractivity contribution in [3.05, 3.63) is 35.4 Å². The van der Waals surface area contributed by atoms with Gasteiger partial charge in [0.05, 0.1) is 24.3 Å². The monoisotopic (exact) mass is 290 g/mol. The molecule has 2 N–H and O–H groups in total. The lowest BCUT2D eigenvalue weighted by atomic mass is 9.82. The molecule has 0 unspecified atom stereocenters. The Kier molecular flexibility index (Phi) is 5.71. The van der Waals surface area contributed by atoms with E-state index in [-0.39, 0.29) is 5.54 Å². The molecule has 0 aromatic heterocycles. The summed E-state index contributed by atoms with van der Waals surface area (Å²) in [5, 5.41) is 22.2. The number of aliphatic hydroxyl groups is 1. The van der Waals surface area contributed by atoms with Gasteiger partial charge in [-0.15, -0.1) is 0 Å². The van der Waals surface area contributed by atoms with Crippen LogP contribution in [0.5, 0.6) is 0 Å². The molecule has 1 aromatic rings. The van der Waals surface area contributed by atoms with Gasteiger partial charge in [0, 0.05) is 32.4 Å². The van der Waals surface area contributed by atoms with Crippen molar-refractivity contribution < 1.29 is 14.6 Å². The highest BCUT2D eigenvalue weighted by molar-refractivity contribution is 5.35. The molecule has 21 heavy (non-hydrogen) atoms. The van der Waals surface area contributed by atoms with Crippen LogP contribution in [0, 0.1) is 11.3 Å². The standard InChI is InChI=1S/C16H22N2O3/c1-20-12-15(19)11-18-16(6-8-21-9-7-16)14-4-2-13(10-17)3-5-14/h2-5,15,18-19H,6-9,11-12H2,1H3/t15-/m0/s1. The summed E-state index contributed by atoms with van der Waals surface area (Å²) in [7, 11) is 1.58. The smallest absolute Gasteiger partial charge is 0.0991 e. The first-order valence-corrected chi connectivity index (χ1v) is 7.20. The molecule has 0 amide bonds. The van der Waals surface area contributed by atoms with E-state index in [1.54, 1.807) is 7.11 Å². The minimum Gasteiger partial charge on any atom is -0.389 e. The third kappa shape index (κ3) is 4.02. The topological polar surface area (TPSA) is 74.5 Å². The lowest BCUT2D eigenvalue weighted by molar-refractivity contribution is 0.0194. The maximum absolute atomic E-state index is 9.86.